The van der Waals surface area contributed by atoms with Crippen molar-refractivity contribution in [3.8, 4) is 0 Å². The van der Waals surface area contributed by atoms with E-state index in [1.165, 1.54) is 18.2 Å². The molecule has 2 aromatic carbocycles. The van der Waals surface area contributed by atoms with E-state index in [9.17, 15) is 13.2 Å². The van der Waals surface area contributed by atoms with Crippen LogP contribution in [0.2, 0.25) is 10.0 Å². The standard InChI is InChI=1S/C24H25Cl2F3N2O/c1-6-22(4,5)30-15(3)20-8-7-16(9-14(20)2)21-13-23(32-31-21,24(27,28)29)17-10-18(25)12-19(26)11-17/h7-12H,6,13H2,1-5H3. The number of halogens is 5. The average molecular weight is 485 g/mol. The summed E-state index contributed by atoms with van der Waals surface area (Å²) in [5, 5.41) is 4.02. The second-order valence-electron chi connectivity index (χ2n) is 8.68. The first-order valence-corrected chi connectivity index (χ1v) is 11.0. The quantitative estimate of drug-likeness (QED) is 0.397. The Balaban J connectivity index is 1.96. The molecule has 3 rings (SSSR count). The number of hydrogen-bond donors (Lipinski definition) is 0. The van der Waals surface area contributed by atoms with Crippen LogP contribution in [0.15, 0.2) is 46.5 Å². The van der Waals surface area contributed by atoms with Gasteiger partial charge in [-0.2, -0.15) is 13.2 Å². The Hall–Kier alpha value is -2.05. The summed E-state index contributed by atoms with van der Waals surface area (Å²) >= 11 is 11.9. The van der Waals surface area contributed by atoms with Crippen LogP contribution in [0.3, 0.4) is 0 Å². The monoisotopic (exact) mass is 484 g/mol. The first-order chi connectivity index (χ1) is 14.8. The molecule has 1 aliphatic rings. The van der Waals surface area contributed by atoms with Crippen molar-refractivity contribution in [2.75, 3.05) is 0 Å². The number of hydrogen-bond acceptors (Lipinski definition) is 3. The van der Waals surface area contributed by atoms with Gasteiger partial charge in [-0.05, 0) is 75.1 Å². The van der Waals surface area contributed by atoms with Crippen LogP contribution in [0, 0.1) is 6.92 Å². The Morgan fingerprint density at radius 2 is 1.75 bits per heavy atom. The number of alkyl halides is 3. The number of aryl methyl sites for hydroxylation is 1. The summed E-state index contributed by atoms with van der Waals surface area (Å²) in [6, 6.07) is 9.22. The molecule has 172 valence electrons. The molecule has 0 amide bonds. The molecular weight excluding hydrogens is 460 g/mol. The smallest absolute Gasteiger partial charge is 0.374 e. The van der Waals surface area contributed by atoms with Crippen molar-refractivity contribution >= 4 is 34.6 Å². The summed E-state index contributed by atoms with van der Waals surface area (Å²) in [6.07, 6.45) is -4.32. The van der Waals surface area contributed by atoms with Gasteiger partial charge in [0.1, 0.15) is 0 Å². The minimum atomic E-state index is -4.73. The zero-order chi connectivity index (χ0) is 23.9. The van der Waals surface area contributed by atoms with Gasteiger partial charge in [-0.1, -0.05) is 47.4 Å². The van der Waals surface area contributed by atoms with Crippen LogP contribution in [0.1, 0.15) is 62.8 Å². The Labute approximate surface area is 196 Å². The van der Waals surface area contributed by atoms with Crippen molar-refractivity contribution in [2.24, 2.45) is 10.1 Å². The summed E-state index contributed by atoms with van der Waals surface area (Å²) in [5.74, 6) is 0. The summed E-state index contributed by atoms with van der Waals surface area (Å²) in [5.41, 5.74) is 0.467. The summed E-state index contributed by atoms with van der Waals surface area (Å²) < 4.78 is 42.6. The normalized spacial score (nSPS) is 19.7. The largest absolute Gasteiger partial charge is 0.435 e. The zero-order valence-corrected chi connectivity index (χ0v) is 20.1. The molecule has 1 unspecified atom stereocenters. The van der Waals surface area contributed by atoms with Crippen LogP contribution >= 0.6 is 23.2 Å². The highest BCUT2D eigenvalue weighted by Gasteiger charge is 2.62. The average Bonchev–Trinajstić information content (AvgIpc) is 3.13. The Kier molecular flexibility index (Phi) is 6.69. The highest BCUT2D eigenvalue weighted by atomic mass is 35.5. The van der Waals surface area contributed by atoms with Crippen LogP contribution < -0.4 is 0 Å². The van der Waals surface area contributed by atoms with Gasteiger partial charge >= 0.3 is 6.18 Å². The van der Waals surface area contributed by atoms with Gasteiger partial charge in [0.15, 0.2) is 0 Å². The first kappa shape index (κ1) is 24.6. The third kappa shape index (κ3) is 4.81. The fourth-order valence-corrected chi connectivity index (χ4v) is 4.21. The Morgan fingerprint density at radius 1 is 1.12 bits per heavy atom. The van der Waals surface area contributed by atoms with E-state index in [2.05, 4.69) is 25.9 Å². The van der Waals surface area contributed by atoms with E-state index in [0.717, 1.165) is 23.3 Å². The molecule has 0 radical (unpaired) electrons. The van der Waals surface area contributed by atoms with Gasteiger partial charge in [0, 0.05) is 27.7 Å². The molecule has 0 spiro atoms. The second kappa shape index (κ2) is 8.71. The molecule has 0 aliphatic carbocycles. The number of benzene rings is 2. The maximum absolute atomic E-state index is 14.2. The predicted molar refractivity (Wildman–Crippen MR) is 124 cm³/mol. The molecule has 8 heteroatoms. The molecule has 1 aliphatic heterocycles. The number of oxime groups is 1. The third-order valence-electron chi connectivity index (χ3n) is 5.80. The van der Waals surface area contributed by atoms with Gasteiger partial charge in [-0.3, -0.25) is 4.99 Å². The van der Waals surface area contributed by atoms with E-state index < -0.39 is 18.2 Å². The topological polar surface area (TPSA) is 34.0 Å². The van der Waals surface area contributed by atoms with Crippen molar-refractivity contribution in [1.29, 1.82) is 0 Å². The number of nitrogens with zero attached hydrogens (tertiary/aromatic N) is 2. The van der Waals surface area contributed by atoms with Crippen LogP contribution in [-0.2, 0) is 10.4 Å². The van der Waals surface area contributed by atoms with Crippen LogP contribution in [-0.4, -0.2) is 23.1 Å². The van der Waals surface area contributed by atoms with E-state index in [0.29, 0.717) is 5.56 Å². The predicted octanol–water partition coefficient (Wildman–Crippen LogP) is 7.88. The lowest BCUT2D eigenvalue weighted by Crippen LogP contribution is -2.42. The summed E-state index contributed by atoms with van der Waals surface area (Å²) in [6.45, 7) is 10.0. The molecular formula is C24H25Cl2F3N2O. The van der Waals surface area contributed by atoms with Crippen LogP contribution in [0.5, 0.6) is 0 Å². The van der Waals surface area contributed by atoms with E-state index in [4.69, 9.17) is 33.0 Å². The van der Waals surface area contributed by atoms with Crippen LogP contribution in [0.25, 0.3) is 0 Å². The van der Waals surface area contributed by atoms with Crippen molar-refractivity contribution in [1.82, 2.24) is 0 Å². The third-order valence-corrected chi connectivity index (χ3v) is 6.24. The van der Waals surface area contributed by atoms with Gasteiger partial charge in [-0.15, -0.1) is 0 Å². The molecule has 2 aromatic rings. The number of rotatable bonds is 5. The van der Waals surface area contributed by atoms with Crippen molar-refractivity contribution in [3.05, 3.63) is 68.7 Å². The molecule has 0 saturated heterocycles. The lowest BCUT2D eigenvalue weighted by Gasteiger charge is -2.29. The van der Waals surface area contributed by atoms with Gasteiger partial charge in [0.2, 0.25) is 0 Å². The van der Waals surface area contributed by atoms with E-state index in [-0.39, 0.29) is 26.9 Å². The maximum Gasteiger partial charge on any atom is 0.435 e. The van der Waals surface area contributed by atoms with Gasteiger partial charge in [0.25, 0.3) is 5.60 Å². The molecule has 0 saturated carbocycles. The van der Waals surface area contributed by atoms with Gasteiger partial charge < -0.3 is 4.84 Å². The van der Waals surface area contributed by atoms with E-state index in [1.807, 2.05) is 26.0 Å². The lowest BCUT2D eigenvalue weighted by molar-refractivity contribution is -0.275. The van der Waals surface area contributed by atoms with Crippen molar-refractivity contribution in [3.63, 3.8) is 0 Å². The fraction of sp³-hybridized carbons (Fsp3) is 0.417. The lowest BCUT2D eigenvalue weighted by atomic mass is 9.86. The Bertz CT molecular complexity index is 1070. The fourth-order valence-electron chi connectivity index (χ4n) is 3.69. The maximum atomic E-state index is 14.2. The Morgan fingerprint density at radius 3 is 2.28 bits per heavy atom. The SMILES string of the molecule is CCC(C)(C)N=C(C)c1ccc(C2=NOC(c3cc(Cl)cc(Cl)c3)(C(F)(F)F)C2)cc1C. The van der Waals surface area contributed by atoms with E-state index >= 15 is 0 Å². The molecule has 3 nitrogen and oxygen atoms in total. The minimum Gasteiger partial charge on any atom is -0.374 e. The second-order valence-corrected chi connectivity index (χ2v) is 9.55. The molecule has 0 N–H and O–H groups in total. The summed E-state index contributed by atoms with van der Waals surface area (Å²) in [7, 11) is 0. The minimum absolute atomic E-state index is 0.0955. The molecule has 32 heavy (non-hydrogen) atoms. The summed E-state index contributed by atoms with van der Waals surface area (Å²) in [4.78, 5) is 9.87. The molecule has 0 fully saturated rings. The highest BCUT2D eigenvalue weighted by molar-refractivity contribution is 6.34. The zero-order valence-electron chi connectivity index (χ0n) is 18.6. The first-order valence-electron chi connectivity index (χ1n) is 10.2. The van der Waals surface area contributed by atoms with Gasteiger partial charge in [0.05, 0.1) is 11.3 Å². The molecule has 1 heterocycles. The van der Waals surface area contributed by atoms with Crippen molar-refractivity contribution < 1.29 is 18.0 Å². The molecule has 0 aromatic heterocycles. The van der Waals surface area contributed by atoms with Gasteiger partial charge in [-0.25, -0.2) is 0 Å². The molecule has 1 atom stereocenters. The molecule has 0 bridgehead atoms. The van der Waals surface area contributed by atoms with Crippen LogP contribution in [0.4, 0.5) is 13.2 Å². The van der Waals surface area contributed by atoms with E-state index in [1.54, 1.807) is 6.07 Å². The number of aliphatic imine (C=N–C) groups is 1. The highest BCUT2D eigenvalue weighted by Crippen LogP contribution is 2.49. The van der Waals surface area contributed by atoms with Crippen molar-refractivity contribution in [2.45, 2.75) is 64.8 Å².